The standard InChI is InChI=1S/C13H14BrFN2O/c1-4-18-11-6-5-9(7-10(11)15)12-13(14)17(3)8(2)16-12/h5-7H,4H2,1-3H3. The van der Waals surface area contributed by atoms with Crippen LogP contribution in [0, 0.1) is 12.7 Å². The lowest BCUT2D eigenvalue weighted by Gasteiger charge is -2.06. The fraction of sp³-hybridized carbons (Fsp3) is 0.308. The third-order valence-electron chi connectivity index (χ3n) is 2.75. The minimum absolute atomic E-state index is 0.269. The molecule has 0 spiro atoms. The molecule has 2 aromatic rings. The molecule has 0 fully saturated rings. The molecule has 0 bridgehead atoms. The lowest BCUT2D eigenvalue weighted by molar-refractivity contribution is 0.321. The van der Waals surface area contributed by atoms with Crippen LogP contribution in [0.15, 0.2) is 22.8 Å². The SMILES string of the molecule is CCOc1ccc(-c2nc(C)n(C)c2Br)cc1F. The van der Waals surface area contributed by atoms with E-state index in [0.29, 0.717) is 6.61 Å². The Kier molecular flexibility index (Phi) is 3.71. The topological polar surface area (TPSA) is 27.1 Å². The fourth-order valence-corrected chi connectivity index (χ4v) is 2.26. The van der Waals surface area contributed by atoms with Crippen molar-refractivity contribution in [3.8, 4) is 17.0 Å². The molecule has 1 heterocycles. The molecular weight excluding hydrogens is 299 g/mol. The highest BCUT2D eigenvalue weighted by Gasteiger charge is 2.13. The summed E-state index contributed by atoms with van der Waals surface area (Å²) in [6.07, 6.45) is 0. The third-order valence-corrected chi connectivity index (χ3v) is 3.66. The Morgan fingerprint density at radius 3 is 2.67 bits per heavy atom. The van der Waals surface area contributed by atoms with Crippen LogP contribution in [0.4, 0.5) is 4.39 Å². The summed E-state index contributed by atoms with van der Waals surface area (Å²) in [7, 11) is 1.90. The molecule has 0 amide bonds. The molecule has 0 saturated heterocycles. The summed E-state index contributed by atoms with van der Waals surface area (Å²) >= 11 is 3.46. The highest BCUT2D eigenvalue weighted by Crippen LogP contribution is 2.30. The van der Waals surface area contributed by atoms with Gasteiger partial charge in [0.15, 0.2) is 11.6 Å². The lowest BCUT2D eigenvalue weighted by atomic mass is 10.1. The molecule has 96 valence electrons. The van der Waals surface area contributed by atoms with E-state index in [1.54, 1.807) is 12.1 Å². The van der Waals surface area contributed by atoms with Crippen LogP contribution < -0.4 is 4.74 Å². The normalized spacial score (nSPS) is 10.7. The van der Waals surface area contributed by atoms with Crippen molar-refractivity contribution in [3.05, 3.63) is 34.4 Å². The van der Waals surface area contributed by atoms with Crippen molar-refractivity contribution in [1.29, 1.82) is 0 Å². The first kappa shape index (κ1) is 13.1. The molecule has 2 rings (SSSR count). The number of halogens is 2. The van der Waals surface area contributed by atoms with Crippen molar-refractivity contribution >= 4 is 15.9 Å². The number of benzene rings is 1. The molecule has 0 unspecified atom stereocenters. The van der Waals surface area contributed by atoms with Gasteiger partial charge < -0.3 is 9.30 Å². The van der Waals surface area contributed by atoms with Crippen LogP contribution in [0.2, 0.25) is 0 Å². The molecule has 5 heteroatoms. The molecule has 0 atom stereocenters. The molecule has 0 aliphatic carbocycles. The zero-order valence-corrected chi connectivity index (χ0v) is 12.1. The van der Waals surface area contributed by atoms with Crippen LogP contribution in [0.1, 0.15) is 12.7 Å². The van der Waals surface area contributed by atoms with Gasteiger partial charge in [0.2, 0.25) is 0 Å². The third kappa shape index (κ3) is 2.27. The van der Waals surface area contributed by atoms with Crippen molar-refractivity contribution in [1.82, 2.24) is 9.55 Å². The van der Waals surface area contributed by atoms with E-state index in [1.165, 1.54) is 6.07 Å². The monoisotopic (exact) mass is 312 g/mol. The maximum absolute atomic E-state index is 13.8. The second-order valence-electron chi connectivity index (χ2n) is 3.94. The highest BCUT2D eigenvalue weighted by atomic mass is 79.9. The van der Waals surface area contributed by atoms with E-state index in [-0.39, 0.29) is 11.6 Å². The van der Waals surface area contributed by atoms with Gasteiger partial charge in [-0.1, -0.05) is 0 Å². The first-order chi connectivity index (χ1) is 8.54. The average molecular weight is 313 g/mol. The van der Waals surface area contributed by atoms with Crippen molar-refractivity contribution < 1.29 is 9.13 Å². The summed E-state index contributed by atoms with van der Waals surface area (Å²) in [5.41, 5.74) is 1.46. The lowest BCUT2D eigenvalue weighted by Crippen LogP contribution is -1.94. The van der Waals surface area contributed by atoms with Gasteiger partial charge in [0.05, 0.1) is 6.61 Å². The maximum atomic E-state index is 13.8. The van der Waals surface area contributed by atoms with E-state index in [0.717, 1.165) is 21.7 Å². The van der Waals surface area contributed by atoms with E-state index >= 15 is 0 Å². The van der Waals surface area contributed by atoms with Crippen LogP contribution >= 0.6 is 15.9 Å². The van der Waals surface area contributed by atoms with E-state index in [9.17, 15) is 4.39 Å². The minimum atomic E-state index is -0.371. The van der Waals surface area contributed by atoms with E-state index in [4.69, 9.17) is 4.74 Å². The second kappa shape index (κ2) is 5.10. The molecular formula is C13H14BrFN2O. The number of rotatable bonds is 3. The number of imidazole rings is 1. The predicted octanol–water partition coefficient (Wildman–Crippen LogP) is 3.70. The second-order valence-corrected chi connectivity index (χ2v) is 4.69. The van der Waals surface area contributed by atoms with Crippen LogP contribution in [-0.2, 0) is 7.05 Å². The summed E-state index contributed by atoms with van der Waals surface area (Å²) < 4.78 is 21.7. The number of ether oxygens (including phenoxy) is 1. The molecule has 1 aromatic carbocycles. The van der Waals surface area contributed by atoms with Gasteiger partial charge in [0.25, 0.3) is 0 Å². The van der Waals surface area contributed by atoms with Crippen LogP contribution in [0.3, 0.4) is 0 Å². The molecule has 0 saturated carbocycles. The molecule has 0 aliphatic rings. The van der Waals surface area contributed by atoms with Gasteiger partial charge in [-0.05, 0) is 48.0 Å². The Hall–Kier alpha value is -1.36. The summed E-state index contributed by atoms with van der Waals surface area (Å²) in [5.74, 6) is 0.765. The first-order valence-electron chi connectivity index (χ1n) is 5.66. The van der Waals surface area contributed by atoms with Gasteiger partial charge in [0, 0.05) is 12.6 Å². The number of hydrogen-bond donors (Lipinski definition) is 0. The highest BCUT2D eigenvalue weighted by molar-refractivity contribution is 9.10. The van der Waals surface area contributed by atoms with Gasteiger partial charge in [-0.2, -0.15) is 0 Å². The van der Waals surface area contributed by atoms with Gasteiger partial charge >= 0.3 is 0 Å². The number of aryl methyl sites for hydroxylation is 1. The fourth-order valence-electron chi connectivity index (χ4n) is 1.69. The molecule has 1 aromatic heterocycles. The molecule has 18 heavy (non-hydrogen) atoms. The maximum Gasteiger partial charge on any atom is 0.165 e. The summed E-state index contributed by atoms with van der Waals surface area (Å²) in [6, 6.07) is 4.88. The largest absolute Gasteiger partial charge is 0.491 e. The van der Waals surface area contributed by atoms with E-state index in [1.807, 2.05) is 25.5 Å². The van der Waals surface area contributed by atoms with Gasteiger partial charge in [0.1, 0.15) is 16.1 Å². The van der Waals surface area contributed by atoms with Crippen LogP contribution in [0.5, 0.6) is 5.75 Å². The minimum Gasteiger partial charge on any atom is -0.491 e. The van der Waals surface area contributed by atoms with E-state index < -0.39 is 0 Å². The Labute approximate surface area is 114 Å². The summed E-state index contributed by atoms with van der Waals surface area (Å²) in [5, 5.41) is 0. The Morgan fingerprint density at radius 1 is 1.44 bits per heavy atom. The number of nitrogens with zero attached hydrogens (tertiary/aromatic N) is 2. The quantitative estimate of drug-likeness (QED) is 0.864. The van der Waals surface area contributed by atoms with Crippen molar-refractivity contribution in [2.45, 2.75) is 13.8 Å². The van der Waals surface area contributed by atoms with Crippen LogP contribution in [0.25, 0.3) is 11.3 Å². The molecule has 3 nitrogen and oxygen atoms in total. The first-order valence-corrected chi connectivity index (χ1v) is 6.45. The Balaban J connectivity index is 2.45. The molecule has 0 radical (unpaired) electrons. The van der Waals surface area contributed by atoms with Gasteiger partial charge in [-0.25, -0.2) is 9.37 Å². The smallest absolute Gasteiger partial charge is 0.165 e. The average Bonchev–Trinajstić information content (AvgIpc) is 2.60. The zero-order chi connectivity index (χ0) is 13.3. The molecule has 0 aliphatic heterocycles. The zero-order valence-electron chi connectivity index (χ0n) is 10.5. The van der Waals surface area contributed by atoms with Gasteiger partial charge in [-0.3, -0.25) is 0 Å². The number of hydrogen-bond acceptors (Lipinski definition) is 2. The van der Waals surface area contributed by atoms with E-state index in [2.05, 4.69) is 20.9 Å². The molecule has 0 N–H and O–H groups in total. The summed E-state index contributed by atoms with van der Waals surface area (Å²) in [6.45, 7) is 4.17. The predicted molar refractivity (Wildman–Crippen MR) is 72.2 cm³/mol. The van der Waals surface area contributed by atoms with Gasteiger partial charge in [-0.15, -0.1) is 0 Å². The Morgan fingerprint density at radius 2 is 2.17 bits per heavy atom. The van der Waals surface area contributed by atoms with Crippen molar-refractivity contribution in [2.24, 2.45) is 7.05 Å². The van der Waals surface area contributed by atoms with Crippen molar-refractivity contribution in [2.75, 3.05) is 6.61 Å². The number of aromatic nitrogens is 2. The van der Waals surface area contributed by atoms with Crippen molar-refractivity contribution in [3.63, 3.8) is 0 Å². The Bertz CT molecular complexity index is 581. The van der Waals surface area contributed by atoms with Crippen LogP contribution in [-0.4, -0.2) is 16.2 Å². The summed E-state index contributed by atoms with van der Waals surface area (Å²) in [4.78, 5) is 4.41.